The number of hydrogen-bond donors (Lipinski definition) is 2. The molecule has 3 N–H and O–H groups in total. The Kier molecular flexibility index (Phi) is 5.19. The predicted molar refractivity (Wildman–Crippen MR) is 80.1 cm³/mol. The third kappa shape index (κ3) is 3.91. The maximum Gasteiger partial charge on any atom is 0.227 e. The molecule has 1 aromatic rings. The van der Waals surface area contributed by atoms with Crippen LogP contribution in [0.4, 0.5) is 5.69 Å². The van der Waals surface area contributed by atoms with E-state index in [9.17, 15) is 4.79 Å². The molecule has 1 aliphatic rings. The van der Waals surface area contributed by atoms with Crippen molar-refractivity contribution >= 4 is 39.1 Å². The monoisotopic (exact) mass is 345 g/mol. The molecule has 1 heterocycles. The molecule has 0 atom stereocenters. The Morgan fingerprint density at radius 2 is 2.16 bits per heavy atom. The van der Waals surface area contributed by atoms with Crippen molar-refractivity contribution in [1.82, 2.24) is 4.98 Å². The highest BCUT2D eigenvalue weighted by molar-refractivity contribution is 9.10. The summed E-state index contributed by atoms with van der Waals surface area (Å²) in [7, 11) is 0. The molecule has 0 unspecified atom stereocenters. The summed E-state index contributed by atoms with van der Waals surface area (Å²) < 4.78 is 0.791. The van der Waals surface area contributed by atoms with Crippen molar-refractivity contribution in [3.8, 4) is 0 Å². The van der Waals surface area contributed by atoms with Gasteiger partial charge in [0.05, 0.1) is 5.69 Å². The average molecular weight is 347 g/mol. The fourth-order valence-corrected chi connectivity index (χ4v) is 2.89. The summed E-state index contributed by atoms with van der Waals surface area (Å²) in [6, 6.07) is 1.76. The zero-order valence-corrected chi connectivity index (χ0v) is 12.9. The van der Waals surface area contributed by atoms with Crippen molar-refractivity contribution < 1.29 is 4.79 Å². The van der Waals surface area contributed by atoms with Crippen LogP contribution in [0.25, 0.3) is 0 Å². The molecule has 1 saturated carbocycles. The summed E-state index contributed by atoms with van der Waals surface area (Å²) in [4.78, 5) is 16.2. The lowest BCUT2D eigenvalue weighted by atomic mass is 9.81. The number of amides is 1. The summed E-state index contributed by atoms with van der Waals surface area (Å²) in [5, 5.41) is 3.17. The van der Waals surface area contributed by atoms with Crippen LogP contribution >= 0.6 is 27.5 Å². The quantitative estimate of drug-likeness (QED) is 0.826. The van der Waals surface area contributed by atoms with Crippen LogP contribution < -0.4 is 11.1 Å². The van der Waals surface area contributed by atoms with E-state index in [0.29, 0.717) is 16.8 Å². The standard InChI is InChI=1S/C13H17BrClN3O/c14-10-5-11(12(15)17-7-10)18-13(19)9-3-1-8(6-16)2-4-9/h5,7-9H,1-4,6,16H2,(H,18,19). The smallest absolute Gasteiger partial charge is 0.227 e. The molecule has 4 nitrogen and oxygen atoms in total. The normalized spacial score (nSPS) is 23.1. The zero-order chi connectivity index (χ0) is 13.8. The van der Waals surface area contributed by atoms with E-state index in [1.54, 1.807) is 12.3 Å². The predicted octanol–water partition coefficient (Wildman–Crippen LogP) is 3.20. The van der Waals surface area contributed by atoms with Crippen LogP contribution in [-0.2, 0) is 4.79 Å². The highest BCUT2D eigenvalue weighted by Gasteiger charge is 2.26. The number of pyridine rings is 1. The molecule has 19 heavy (non-hydrogen) atoms. The Labute approximate surface area is 126 Å². The van der Waals surface area contributed by atoms with Crippen molar-refractivity contribution in [2.45, 2.75) is 25.7 Å². The van der Waals surface area contributed by atoms with Crippen molar-refractivity contribution in [3.05, 3.63) is 21.9 Å². The van der Waals surface area contributed by atoms with Gasteiger partial charge in [-0.1, -0.05) is 11.6 Å². The number of hydrogen-bond acceptors (Lipinski definition) is 3. The number of nitrogens with two attached hydrogens (primary N) is 1. The Bertz CT molecular complexity index is 461. The van der Waals surface area contributed by atoms with Gasteiger partial charge in [-0.3, -0.25) is 4.79 Å². The lowest BCUT2D eigenvalue weighted by Gasteiger charge is -2.26. The van der Waals surface area contributed by atoms with Gasteiger partial charge >= 0.3 is 0 Å². The first kappa shape index (κ1) is 14.8. The van der Waals surface area contributed by atoms with Crippen molar-refractivity contribution in [1.29, 1.82) is 0 Å². The van der Waals surface area contributed by atoms with E-state index in [-0.39, 0.29) is 11.8 Å². The van der Waals surface area contributed by atoms with Gasteiger partial charge in [0, 0.05) is 16.6 Å². The summed E-state index contributed by atoms with van der Waals surface area (Å²) in [6.07, 6.45) is 5.45. The van der Waals surface area contributed by atoms with E-state index in [4.69, 9.17) is 17.3 Å². The third-order valence-corrected chi connectivity index (χ3v) is 4.35. The van der Waals surface area contributed by atoms with Crippen LogP contribution in [0.3, 0.4) is 0 Å². The number of anilines is 1. The Balaban J connectivity index is 1.96. The van der Waals surface area contributed by atoms with Gasteiger partial charge in [-0.2, -0.15) is 0 Å². The summed E-state index contributed by atoms with van der Waals surface area (Å²) in [6.45, 7) is 0.718. The molecular weight excluding hydrogens is 330 g/mol. The molecule has 0 aromatic carbocycles. The third-order valence-electron chi connectivity index (χ3n) is 3.61. The molecule has 0 radical (unpaired) electrons. The van der Waals surface area contributed by atoms with Crippen LogP contribution in [0.5, 0.6) is 0 Å². The minimum atomic E-state index is 0.0253. The number of carbonyl (C=O) groups excluding carboxylic acids is 1. The van der Waals surface area contributed by atoms with E-state index in [0.717, 1.165) is 36.7 Å². The molecule has 1 amide bonds. The van der Waals surface area contributed by atoms with Gasteiger partial charge in [0.15, 0.2) is 5.15 Å². The summed E-state index contributed by atoms with van der Waals surface area (Å²) >= 11 is 9.27. The molecule has 0 spiro atoms. The molecule has 1 aromatic heterocycles. The van der Waals surface area contributed by atoms with Crippen LogP contribution in [-0.4, -0.2) is 17.4 Å². The number of rotatable bonds is 3. The lowest BCUT2D eigenvalue weighted by molar-refractivity contribution is -0.121. The molecule has 1 aliphatic carbocycles. The Hall–Kier alpha value is -0.650. The largest absolute Gasteiger partial charge is 0.330 e. The van der Waals surface area contributed by atoms with Gasteiger partial charge in [0.1, 0.15) is 0 Å². The molecular formula is C13H17BrClN3O. The van der Waals surface area contributed by atoms with Crippen LogP contribution in [0, 0.1) is 11.8 Å². The molecule has 0 aliphatic heterocycles. The van der Waals surface area contributed by atoms with Crippen molar-refractivity contribution in [3.63, 3.8) is 0 Å². The molecule has 0 saturated heterocycles. The van der Waals surface area contributed by atoms with E-state index in [2.05, 4.69) is 26.2 Å². The van der Waals surface area contributed by atoms with Gasteiger partial charge < -0.3 is 11.1 Å². The summed E-state index contributed by atoms with van der Waals surface area (Å²) in [5.74, 6) is 0.648. The second kappa shape index (κ2) is 6.68. The molecule has 0 bridgehead atoms. The maximum absolute atomic E-state index is 12.2. The van der Waals surface area contributed by atoms with E-state index in [1.165, 1.54) is 0 Å². The number of nitrogens with one attached hydrogen (secondary N) is 1. The van der Waals surface area contributed by atoms with Gasteiger partial charge in [0.2, 0.25) is 5.91 Å². The van der Waals surface area contributed by atoms with Crippen LogP contribution in [0.1, 0.15) is 25.7 Å². The molecule has 104 valence electrons. The second-order valence-electron chi connectivity index (χ2n) is 4.93. The lowest BCUT2D eigenvalue weighted by Crippen LogP contribution is -2.29. The highest BCUT2D eigenvalue weighted by Crippen LogP contribution is 2.30. The Morgan fingerprint density at radius 3 is 2.79 bits per heavy atom. The van der Waals surface area contributed by atoms with Gasteiger partial charge in [-0.05, 0) is 60.1 Å². The fraction of sp³-hybridized carbons (Fsp3) is 0.538. The fourth-order valence-electron chi connectivity index (χ4n) is 2.41. The van der Waals surface area contributed by atoms with Gasteiger partial charge in [-0.15, -0.1) is 0 Å². The average Bonchev–Trinajstić information content (AvgIpc) is 2.43. The van der Waals surface area contributed by atoms with Crippen LogP contribution in [0.2, 0.25) is 5.15 Å². The van der Waals surface area contributed by atoms with Crippen LogP contribution in [0.15, 0.2) is 16.7 Å². The van der Waals surface area contributed by atoms with Gasteiger partial charge in [-0.25, -0.2) is 4.98 Å². The topological polar surface area (TPSA) is 68.0 Å². The summed E-state index contributed by atoms with van der Waals surface area (Å²) in [5.41, 5.74) is 6.21. The maximum atomic E-state index is 12.2. The minimum absolute atomic E-state index is 0.0253. The molecule has 2 rings (SSSR count). The first-order chi connectivity index (χ1) is 9.10. The SMILES string of the molecule is NCC1CCC(C(=O)Nc2cc(Br)cnc2Cl)CC1. The van der Waals surface area contributed by atoms with Gasteiger partial charge in [0.25, 0.3) is 0 Å². The van der Waals surface area contributed by atoms with Crippen molar-refractivity contribution in [2.75, 3.05) is 11.9 Å². The number of aromatic nitrogens is 1. The van der Waals surface area contributed by atoms with E-state index < -0.39 is 0 Å². The van der Waals surface area contributed by atoms with Crippen molar-refractivity contribution in [2.24, 2.45) is 17.6 Å². The Morgan fingerprint density at radius 1 is 1.47 bits per heavy atom. The zero-order valence-electron chi connectivity index (χ0n) is 10.5. The molecule has 6 heteroatoms. The van der Waals surface area contributed by atoms with E-state index in [1.807, 2.05) is 0 Å². The first-order valence-corrected chi connectivity index (χ1v) is 7.59. The van der Waals surface area contributed by atoms with E-state index >= 15 is 0 Å². The first-order valence-electron chi connectivity index (χ1n) is 6.42. The number of nitrogens with zero attached hydrogens (tertiary/aromatic N) is 1. The number of halogens is 2. The number of carbonyl (C=O) groups is 1. The molecule has 1 fully saturated rings. The minimum Gasteiger partial charge on any atom is -0.330 e. The highest BCUT2D eigenvalue weighted by atomic mass is 79.9. The second-order valence-corrected chi connectivity index (χ2v) is 6.21.